The Morgan fingerprint density at radius 2 is 2.00 bits per heavy atom. The van der Waals surface area contributed by atoms with Gasteiger partial charge in [0.2, 0.25) is 0 Å². The standard InChI is InChI=1S/C14H27N/c1-5-7-8-10-14(4)12-15-11-13(3)9-6-2/h9,12,14H,5-8,10-11H2,1-4H3/b13-9+,15-12+. The van der Waals surface area contributed by atoms with Crippen LogP contribution in [0.1, 0.15) is 59.8 Å². The molecule has 0 saturated carbocycles. The van der Waals surface area contributed by atoms with Gasteiger partial charge in [-0.2, -0.15) is 0 Å². The van der Waals surface area contributed by atoms with Gasteiger partial charge in [0.25, 0.3) is 0 Å². The summed E-state index contributed by atoms with van der Waals surface area (Å²) in [6, 6.07) is 0. The van der Waals surface area contributed by atoms with E-state index in [4.69, 9.17) is 0 Å². The lowest BCUT2D eigenvalue weighted by Gasteiger charge is -2.04. The summed E-state index contributed by atoms with van der Waals surface area (Å²) in [5.41, 5.74) is 1.38. The van der Waals surface area contributed by atoms with Gasteiger partial charge in [-0.25, -0.2) is 0 Å². The average Bonchev–Trinajstić information content (AvgIpc) is 2.18. The van der Waals surface area contributed by atoms with Crippen LogP contribution in [0.15, 0.2) is 16.6 Å². The topological polar surface area (TPSA) is 12.4 Å². The minimum absolute atomic E-state index is 0.644. The molecular weight excluding hydrogens is 182 g/mol. The van der Waals surface area contributed by atoms with Crippen molar-refractivity contribution in [3.05, 3.63) is 11.6 Å². The number of unbranched alkanes of at least 4 members (excludes halogenated alkanes) is 2. The molecule has 0 aromatic heterocycles. The fourth-order valence-electron chi connectivity index (χ4n) is 1.58. The first-order valence-corrected chi connectivity index (χ1v) is 6.36. The first-order chi connectivity index (χ1) is 7.20. The van der Waals surface area contributed by atoms with E-state index < -0.39 is 0 Å². The molecule has 0 amide bonds. The molecule has 0 spiro atoms. The van der Waals surface area contributed by atoms with Crippen molar-refractivity contribution in [1.82, 2.24) is 0 Å². The second-order valence-corrected chi connectivity index (χ2v) is 4.42. The number of hydrogen-bond acceptors (Lipinski definition) is 1. The molecule has 0 fully saturated rings. The molecule has 0 saturated heterocycles. The van der Waals surface area contributed by atoms with Gasteiger partial charge in [-0.1, -0.05) is 51.7 Å². The lowest BCUT2D eigenvalue weighted by molar-refractivity contribution is 0.603. The fraction of sp³-hybridized carbons (Fsp3) is 0.786. The zero-order chi connectivity index (χ0) is 11.5. The number of nitrogens with zero attached hydrogens (tertiary/aromatic N) is 1. The van der Waals surface area contributed by atoms with Crippen molar-refractivity contribution >= 4 is 6.21 Å². The highest BCUT2D eigenvalue weighted by atomic mass is 14.7. The summed E-state index contributed by atoms with van der Waals surface area (Å²) in [6.45, 7) is 9.71. The number of allylic oxidation sites excluding steroid dienone is 1. The van der Waals surface area contributed by atoms with E-state index in [0.717, 1.165) is 13.0 Å². The van der Waals surface area contributed by atoms with Crippen LogP contribution in [-0.4, -0.2) is 12.8 Å². The minimum atomic E-state index is 0.644. The largest absolute Gasteiger partial charge is 0.293 e. The van der Waals surface area contributed by atoms with Crippen LogP contribution in [-0.2, 0) is 0 Å². The summed E-state index contributed by atoms with van der Waals surface area (Å²) in [6.07, 6.45) is 10.8. The van der Waals surface area contributed by atoms with Crippen LogP contribution in [0.4, 0.5) is 0 Å². The van der Waals surface area contributed by atoms with Gasteiger partial charge in [0.05, 0.1) is 6.54 Å². The third kappa shape index (κ3) is 9.71. The zero-order valence-corrected chi connectivity index (χ0v) is 10.9. The third-order valence-corrected chi connectivity index (χ3v) is 2.52. The van der Waals surface area contributed by atoms with Crippen molar-refractivity contribution in [2.45, 2.75) is 59.8 Å². The number of rotatable bonds is 8. The van der Waals surface area contributed by atoms with Crippen molar-refractivity contribution in [2.75, 3.05) is 6.54 Å². The molecule has 0 heterocycles. The van der Waals surface area contributed by atoms with E-state index in [1.54, 1.807) is 0 Å². The third-order valence-electron chi connectivity index (χ3n) is 2.52. The maximum atomic E-state index is 4.48. The Morgan fingerprint density at radius 3 is 2.60 bits per heavy atom. The van der Waals surface area contributed by atoms with Gasteiger partial charge < -0.3 is 0 Å². The lowest BCUT2D eigenvalue weighted by Crippen LogP contribution is -1.97. The Kier molecular flexibility index (Phi) is 9.55. The molecule has 0 aliphatic rings. The molecule has 0 aliphatic carbocycles. The second kappa shape index (κ2) is 9.95. The van der Waals surface area contributed by atoms with E-state index in [1.807, 2.05) is 0 Å². The SMILES string of the molecule is CC/C=C(\C)C/N=C/C(C)CCCCC. The Hall–Kier alpha value is -0.590. The maximum Gasteiger partial charge on any atom is 0.0593 e. The maximum absolute atomic E-state index is 4.48. The van der Waals surface area contributed by atoms with Gasteiger partial charge in [0, 0.05) is 6.21 Å². The zero-order valence-electron chi connectivity index (χ0n) is 10.9. The van der Waals surface area contributed by atoms with Crippen LogP contribution < -0.4 is 0 Å². The predicted molar refractivity (Wildman–Crippen MR) is 70.7 cm³/mol. The quantitative estimate of drug-likeness (QED) is 0.314. The van der Waals surface area contributed by atoms with Crippen LogP contribution >= 0.6 is 0 Å². The molecule has 1 nitrogen and oxygen atoms in total. The Labute approximate surface area is 95.7 Å². The summed E-state index contributed by atoms with van der Waals surface area (Å²) in [5, 5.41) is 0. The normalized spacial score (nSPS) is 14.8. The molecule has 1 unspecified atom stereocenters. The molecule has 0 N–H and O–H groups in total. The van der Waals surface area contributed by atoms with E-state index in [-0.39, 0.29) is 0 Å². The van der Waals surface area contributed by atoms with E-state index in [9.17, 15) is 0 Å². The van der Waals surface area contributed by atoms with Gasteiger partial charge in [-0.3, -0.25) is 4.99 Å². The highest BCUT2D eigenvalue weighted by molar-refractivity contribution is 5.60. The van der Waals surface area contributed by atoms with Crippen LogP contribution in [0.2, 0.25) is 0 Å². The van der Waals surface area contributed by atoms with Gasteiger partial charge in [0.1, 0.15) is 0 Å². The molecule has 0 rings (SSSR count). The minimum Gasteiger partial charge on any atom is -0.293 e. The van der Waals surface area contributed by atoms with Gasteiger partial charge in [-0.05, 0) is 25.7 Å². The van der Waals surface area contributed by atoms with Crippen LogP contribution in [0.25, 0.3) is 0 Å². The van der Waals surface area contributed by atoms with Crippen molar-refractivity contribution in [3.8, 4) is 0 Å². The molecule has 0 aromatic carbocycles. The molecule has 1 heteroatoms. The van der Waals surface area contributed by atoms with Crippen LogP contribution in [0.3, 0.4) is 0 Å². The predicted octanol–water partition coefficient (Wildman–Crippen LogP) is 4.63. The Morgan fingerprint density at radius 1 is 1.27 bits per heavy atom. The summed E-state index contributed by atoms with van der Waals surface area (Å²) >= 11 is 0. The monoisotopic (exact) mass is 209 g/mol. The fourth-order valence-corrected chi connectivity index (χ4v) is 1.58. The van der Waals surface area contributed by atoms with E-state index in [2.05, 4.69) is 45.0 Å². The van der Waals surface area contributed by atoms with E-state index in [0.29, 0.717) is 5.92 Å². The van der Waals surface area contributed by atoms with Crippen LogP contribution in [0, 0.1) is 5.92 Å². The Balaban J connectivity index is 3.62. The van der Waals surface area contributed by atoms with Gasteiger partial charge in [0.15, 0.2) is 0 Å². The molecular formula is C14H27N. The first-order valence-electron chi connectivity index (χ1n) is 6.36. The second-order valence-electron chi connectivity index (χ2n) is 4.42. The van der Waals surface area contributed by atoms with Crippen molar-refractivity contribution in [2.24, 2.45) is 10.9 Å². The summed E-state index contributed by atoms with van der Waals surface area (Å²) < 4.78 is 0. The molecule has 0 radical (unpaired) electrons. The molecule has 1 atom stereocenters. The summed E-state index contributed by atoms with van der Waals surface area (Å²) in [5.74, 6) is 0.644. The lowest BCUT2D eigenvalue weighted by atomic mass is 10.0. The van der Waals surface area contributed by atoms with Gasteiger partial charge in [-0.15, -0.1) is 0 Å². The molecule has 15 heavy (non-hydrogen) atoms. The smallest absolute Gasteiger partial charge is 0.0593 e. The van der Waals surface area contributed by atoms with Gasteiger partial charge >= 0.3 is 0 Å². The molecule has 0 aliphatic heterocycles. The molecule has 88 valence electrons. The number of aliphatic imine (C=N–C) groups is 1. The number of hydrogen-bond donors (Lipinski definition) is 0. The highest BCUT2D eigenvalue weighted by Crippen LogP contribution is 2.07. The summed E-state index contributed by atoms with van der Waals surface area (Å²) in [4.78, 5) is 4.48. The van der Waals surface area contributed by atoms with E-state index >= 15 is 0 Å². The molecule has 0 bridgehead atoms. The van der Waals surface area contributed by atoms with Crippen molar-refractivity contribution < 1.29 is 0 Å². The van der Waals surface area contributed by atoms with E-state index in [1.165, 1.54) is 31.3 Å². The highest BCUT2D eigenvalue weighted by Gasteiger charge is 1.96. The molecule has 0 aromatic rings. The average molecular weight is 209 g/mol. The van der Waals surface area contributed by atoms with Crippen molar-refractivity contribution in [1.29, 1.82) is 0 Å². The van der Waals surface area contributed by atoms with Crippen LogP contribution in [0.5, 0.6) is 0 Å². The Bertz CT molecular complexity index is 192. The van der Waals surface area contributed by atoms with Crippen molar-refractivity contribution in [3.63, 3.8) is 0 Å². The first kappa shape index (κ1) is 14.4. The summed E-state index contributed by atoms with van der Waals surface area (Å²) in [7, 11) is 0.